The van der Waals surface area contributed by atoms with Gasteiger partial charge in [-0.15, -0.1) is 0 Å². The topological polar surface area (TPSA) is 3.24 Å². The van der Waals surface area contributed by atoms with Crippen LogP contribution in [-0.4, -0.2) is 0 Å². The van der Waals surface area contributed by atoms with Gasteiger partial charge in [-0.1, -0.05) is 194 Å². The summed E-state index contributed by atoms with van der Waals surface area (Å²) < 4.78 is 0. The lowest BCUT2D eigenvalue weighted by Gasteiger charge is -2.33. The summed E-state index contributed by atoms with van der Waals surface area (Å²) in [5, 5.41) is 0. The Labute approximate surface area is 329 Å². The van der Waals surface area contributed by atoms with Crippen molar-refractivity contribution in [3.8, 4) is 44.5 Å². The largest absolute Gasteiger partial charge is 0.310 e. The molecule has 0 atom stereocenters. The van der Waals surface area contributed by atoms with Gasteiger partial charge < -0.3 is 4.90 Å². The summed E-state index contributed by atoms with van der Waals surface area (Å²) in [5.41, 5.74) is 17.9. The lowest BCUT2D eigenvalue weighted by molar-refractivity contribution is 0.768. The van der Waals surface area contributed by atoms with Crippen molar-refractivity contribution in [1.82, 2.24) is 0 Å². The van der Waals surface area contributed by atoms with Gasteiger partial charge in [-0.2, -0.15) is 0 Å². The second-order valence-corrected chi connectivity index (χ2v) is 14.5. The smallest absolute Gasteiger partial charge is 0.0713 e. The van der Waals surface area contributed by atoms with E-state index in [4.69, 9.17) is 0 Å². The molecule has 9 aromatic carbocycles. The molecule has 0 unspecified atom stereocenters. The Morgan fingerprint density at radius 3 is 1.25 bits per heavy atom. The van der Waals surface area contributed by atoms with Gasteiger partial charge in [0.15, 0.2) is 0 Å². The van der Waals surface area contributed by atoms with Gasteiger partial charge in [-0.25, -0.2) is 0 Å². The molecule has 0 bridgehead atoms. The third kappa shape index (κ3) is 5.73. The van der Waals surface area contributed by atoms with Crippen molar-refractivity contribution >= 4 is 17.1 Å². The summed E-state index contributed by atoms with van der Waals surface area (Å²) in [6, 6.07) is 86.0. The average Bonchev–Trinajstić information content (AvgIpc) is 3.59. The molecule has 0 amide bonds. The lowest BCUT2D eigenvalue weighted by atomic mass is 9.67. The Hall–Kier alpha value is -7.22. The summed E-state index contributed by atoms with van der Waals surface area (Å²) in [6.07, 6.45) is 0. The zero-order valence-corrected chi connectivity index (χ0v) is 31.0. The molecule has 0 radical (unpaired) electrons. The Morgan fingerprint density at radius 2 is 0.661 bits per heavy atom. The Morgan fingerprint density at radius 1 is 0.250 bits per heavy atom. The van der Waals surface area contributed by atoms with E-state index in [-0.39, 0.29) is 0 Å². The molecule has 0 fully saturated rings. The van der Waals surface area contributed by atoms with Crippen molar-refractivity contribution in [1.29, 1.82) is 0 Å². The van der Waals surface area contributed by atoms with Gasteiger partial charge in [-0.3, -0.25) is 0 Å². The molecule has 0 aromatic heterocycles. The Balaban J connectivity index is 1.07. The van der Waals surface area contributed by atoms with Crippen LogP contribution in [0.5, 0.6) is 0 Å². The summed E-state index contributed by atoms with van der Waals surface area (Å²) in [7, 11) is 0. The maximum absolute atomic E-state index is 2.40. The maximum atomic E-state index is 2.40. The molecule has 1 heteroatoms. The predicted molar refractivity (Wildman–Crippen MR) is 235 cm³/mol. The van der Waals surface area contributed by atoms with E-state index in [2.05, 4.69) is 241 Å². The first-order valence-corrected chi connectivity index (χ1v) is 19.3. The third-order valence-corrected chi connectivity index (χ3v) is 11.4. The normalized spacial score (nSPS) is 12.4. The number of fused-ring (bicyclic) bond motifs is 3. The van der Waals surface area contributed by atoms with E-state index in [1.54, 1.807) is 0 Å². The van der Waals surface area contributed by atoms with Gasteiger partial charge in [-0.05, 0) is 109 Å². The highest BCUT2D eigenvalue weighted by molar-refractivity contribution is 5.89. The van der Waals surface area contributed by atoms with Gasteiger partial charge in [0.2, 0.25) is 0 Å². The van der Waals surface area contributed by atoms with E-state index in [0.717, 1.165) is 17.1 Å². The fourth-order valence-corrected chi connectivity index (χ4v) is 8.77. The standard InChI is InChI=1S/C55H39N/c1-5-16-40(17-6-1)42-28-33-48(34-29-42)56(50-25-15-20-44(38-50)41-18-7-2-8-19-41)49-35-30-43(31-36-49)45-32-37-54-52(39-45)51-26-13-14-27-53(51)55(54,46-21-9-3-10-22-46)47-23-11-4-12-24-47/h1-39H. The molecule has 0 spiro atoms. The minimum Gasteiger partial charge on any atom is -0.310 e. The molecule has 264 valence electrons. The highest BCUT2D eigenvalue weighted by Gasteiger charge is 2.45. The second-order valence-electron chi connectivity index (χ2n) is 14.5. The first-order valence-electron chi connectivity index (χ1n) is 19.3. The van der Waals surface area contributed by atoms with E-state index < -0.39 is 5.41 Å². The molecule has 9 aromatic rings. The molecular formula is C55H39N. The summed E-state index contributed by atoms with van der Waals surface area (Å²) in [6.45, 7) is 0. The number of rotatable bonds is 8. The SMILES string of the molecule is c1ccc(-c2ccc(N(c3ccc(-c4ccc5c(c4)-c4ccccc4C5(c4ccccc4)c4ccccc4)cc3)c3cccc(-c4ccccc4)c3)cc2)cc1. The molecular weight excluding hydrogens is 675 g/mol. The van der Waals surface area contributed by atoms with Crippen LogP contribution in [0, 0.1) is 0 Å². The first kappa shape index (κ1) is 33.4. The lowest BCUT2D eigenvalue weighted by Crippen LogP contribution is -2.28. The fourth-order valence-electron chi connectivity index (χ4n) is 8.77. The van der Waals surface area contributed by atoms with Crippen molar-refractivity contribution in [3.63, 3.8) is 0 Å². The van der Waals surface area contributed by atoms with Gasteiger partial charge in [0, 0.05) is 17.1 Å². The highest BCUT2D eigenvalue weighted by atomic mass is 15.1. The summed E-state index contributed by atoms with van der Waals surface area (Å²) in [4.78, 5) is 2.36. The number of hydrogen-bond acceptors (Lipinski definition) is 1. The van der Waals surface area contributed by atoms with E-state index in [1.807, 2.05) is 0 Å². The van der Waals surface area contributed by atoms with Gasteiger partial charge in [0.05, 0.1) is 5.41 Å². The van der Waals surface area contributed by atoms with Crippen molar-refractivity contribution in [3.05, 3.63) is 259 Å². The number of nitrogens with zero attached hydrogens (tertiary/aromatic N) is 1. The van der Waals surface area contributed by atoms with E-state index in [1.165, 1.54) is 66.8 Å². The predicted octanol–water partition coefficient (Wildman–Crippen LogP) is 14.5. The summed E-state index contributed by atoms with van der Waals surface area (Å²) in [5.74, 6) is 0. The van der Waals surface area contributed by atoms with Crippen LogP contribution in [0.15, 0.2) is 237 Å². The molecule has 1 aliphatic carbocycles. The van der Waals surface area contributed by atoms with E-state index >= 15 is 0 Å². The van der Waals surface area contributed by atoms with Crippen molar-refractivity contribution < 1.29 is 0 Å². The number of anilines is 3. The molecule has 1 aliphatic rings. The molecule has 0 aliphatic heterocycles. The van der Waals surface area contributed by atoms with Crippen molar-refractivity contribution in [2.75, 3.05) is 4.90 Å². The van der Waals surface area contributed by atoms with Crippen LogP contribution >= 0.6 is 0 Å². The van der Waals surface area contributed by atoms with Crippen LogP contribution in [0.4, 0.5) is 17.1 Å². The molecule has 0 N–H and O–H groups in total. The minimum atomic E-state index is -0.401. The summed E-state index contributed by atoms with van der Waals surface area (Å²) >= 11 is 0. The molecule has 0 saturated heterocycles. The average molecular weight is 714 g/mol. The maximum Gasteiger partial charge on any atom is 0.0713 e. The van der Waals surface area contributed by atoms with Gasteiger partial charge in [0.25, 0.3) is 0 Å². The van der Waals surface area contributed by atoms with Crippen molar-refractivity contribution in [2.45, 2.75) is 5.41 Å². The quantitative estimate of drug-likeness (QED) is 0.152. The monoisotopic (exact) mass is 713 g/mol. The number of hydrogen-bond donors (Lipinski definition) is 0. The molecule has 0 saturated carbocycles. The zero-order chi connectivity index (χ0) is 37.3. The number of benzene rings is 9. The zero-order valence-electron chi connectivity index (χ0n) is 31.0. The van der Waals surface area contributed by atoms with Crippen LogP contribution < -0.4 is 4.90 Å². The van der Waals surface area contributed by atoms with Gasteiger partial charge in [0.1, 0.15) is 0 Å². The van der Waals surface area contributed by atoms with E-state index in [9.17, 15) is 0 Å². The fraction of sp³-hybridized carbons (Fsp3) is 0.0182. The van der Waals surface area contributed by atoms with Crippen LogP contribution in [-0.2, 0) is 5.41 Å². The van der Waals surface area contributed by atoms with Crippen LogP contribution in [0.3, 0.4) is 0 Å². The Bertz CT molecular complexity index is 2710. The molecule has 56 heavy (non-hydrogen) atoms. The minimum absolute atomic E-state index is 0.401. The second kappa shape index (κ2) is 14.2. The molecule has 1 nitrogen and oxygen atoms in total. The van der Waals surface area contributed by atoms with Gasteiger partial charge >= 0.3 is 0 Å². The molecule has 10 rings (SSSR count). The van der Waals surface area contributed by atoms with Crippen LogP contribution in [0.2, 0.25) is 0 Å². The van der Waals surface area contributed by atoms with Crippen LogP contribution in [0.1, 0.15) is 22.3 Å². The molecule has 0 heterocycles. The third-order valence-electron chi connectivity index (χ3n) is 11.4. The van der Waals surface area contributed by atoms with Crippen molar-refractivity contribution in [2.24, 2.45) is 0 Å². The highest BCUT2D eigenvalue weighted by Crippen LogP contribution is 2.56. The Kier molecular flexibility index (Phi) is 8.46. The van der Waals surface area contributed by atoms with Crippen LogP contribution in [0.25, 0.3) is 44.5 Å². The first-order chi connectivity index (χ1) is 27.8. The van der Waals surface area contributed by atoms with E-state index in [0.29, 0.717) is 0 Å².